The third-order valence-corrected chi connectivity index (χ3v) is 12.9. The fraction of sp³-hybridized carbons (Fsp3) is 0.632. The molecule has 0 bridgehead atoms. The number of hydrogen-bond acceptors (Lipinski definition) is 2. The zero-order valence-corrected chi connectivity index (χ0v) is 16.6. The zero-order chi connectivity index (χ0) is 17.1. The number of morpholine rings is 1. The van der Waals surface area contributed by atoms with E-state index in [2.05, 4.69) is 72.7 Å². The van der Waals surface area contributed by atoms with Gasteiger partial charge in [-0.15, -0.1) is 0 Å². The molecular formula is C19H30N3OSi+. The number of ether oxygens (including phenoxy) is 1. The van der Waals surface area contributed by atoms with Gasteiger partial charge in [-0.2, -0.15) is 0 Å². The number of anilines is 1. The molecule has 5 heteroatoms. The molecule has 0 aromatic carbocycles. The highest BCUT2D eigenvalue weighted by Crippen LogP contribution is 2.45. The van der Waals surface area contributed by atoms with Crippen molar-refractivity contribution in [2.75, 3.05) is 31.2 Å². The van der Waals surface area contributed by atoms with Crippen LogP contribution in [-0.2, 0) is 4.74 Å². The second-order valence-corrected chi connectivity index (χ2v) is 13.4. The molecule has 1 unspecified atom stereocenters. The Kier molecular flexibility index (Phi) is 3.77. The van der Waals surface area contributed by atoms with Crippen molar-refractivity contribution in [2.45, 2.75) is 51.4 Å². The smallest absolute Gasteiger partial charge is 0.273 e. The number of rotatable bonds is 3. The molecule has 0 aliphatic carbocycles. The second kappa shape index (κ2) is 5.60. The summed E-state index contributed by atoms with van der Waals surface area (Å²) < 4.78 is 11.0. The van der Waals surface area contributed by atoms with Crippen LogP contribution in [0.4, 0.5) is 5.82 Å². The summed E-state index contributed by atoms with van der Waals surface area (Å²) >= 11 is 0. The lowest BCUT2D eigenvalue weighted by Gasteiger charge is -2.36. The summed E-state index contributed by atoms with van der Waals surface area (Å²) in [4.78, 5) is 2.52. The fourth-order valence-corrected chi connectivity index (χ4v) is 11.9. The SMILES string of the molecule is CC(C)[Si]1(C(C)C)C(C)[n+]2c(N3CCOCC3)ccc3ccn1c32. The average molecular weight is 345 g/mol. The Morgan fingerprint density at radius 3 is 2.38 bits per heavy atom. The molecule has 4 nitrogen and oxygen atoms in total. The number of hydrogen-bond donors (Lipinski definition) is 0. The van der Waals surface area contributed by atoms with Crippen LogP contribution in [0, 0.1) is 0 Å². The van der Waals surface area contributed by atoms with Crippen molar-refractivity contribution >= 4 is 25.1 Å². The van der Waals surface area contributed by atoms with Crippen LogP contribution in [0.15, 0.2) is 24.4 Å². The summed E-state index contributed by atoms with van der Waals surface area (Å²) in [5.74, 6) is 1.38. The van der Waals surface area contributed by atoms with Crippen LogP contribution in [0.3, 0.4) is 0 Å². The van der Waals surface area contributed by atoms with Crippen molar-refractivity contribution in [3.8, 4) is 0 Å². The summed E-state index contributed by atoms with van der Waals surface area (Å²) in [5.41, 5.74) is 3.44. The van der Waals surface area contributed by atoms with Crippen molar-refractivity contribution in [1.82, 2.24) is 4.23 Å². The molecule has 2 aliphatic rings. The third kappa shape index (κ3) is 1.91. The van der Waals surface area contributed by atoms with Gasteiger partial charge in [-0.25, -0.2) is 4.57 Å². The largest absolute Gasteiger partial charge is 0.375 e. The van der Waals surface area contributed by atoms with Gasteiger partial charge in [0.15, 0.2) is 0 Å². The standard InChI is InChI=1S/C19H30N3OSi/c1-14(2)24(15(3)4)16(5)22-18(20-10-12-23-13-11-20)7-6-17-8-9-21(24)19(17)22/h6-9,14-16H,10-13H2,1-5H3/q+1. The predicted molar refractivity (Wildman–Crippen MR) is 101 cm³/mol. The van der Waals surface area contributed by atoms with Crippen LogP contribution in [0.1, 0.15) is 40.3 Å². The molecule has 2 aromatic heterocycles. The van der Waals surface area contributed by atoms with E-state index in [0.717, 1.165) is 26.3 Å². The number of nitrogens with zero attached hydrogens (tertiary/aromatic N) is 3. The van der Waals surface area contributed by atoms with Gasteiger partial charge in [0.2, 0.25) is 11.5 Å². The zero-order valence-electron chi connectivity index (χ0n) is 15.6. The monoisotopic (exact) mass is 344 g/mol. The van der Waals surface area contributed by atoms with Crippen molar-refractivity contribution in [2.24, 2.45) is 0 Å². The van der Waals surface area contributed by atoms with Gasteiger partial charge in [-0.1, -0.05) is 27.7 Å². The molecule has 130 valence electrons. The van der Waals surface area contributed by atoms with E-state index in [4.69, 9.17) is 4.74 Å². The van der Waals surface area contributed by atoms with Crippen LogP contribution >= 0.6 is 0 Å². The highest BCUT2D eigenvalue weighted by molar-refractivity contribution is 6.82. The van der Waals surface area contributed by atoms with Crippen LogP contribution < -0.4 is 9.47 Å². The van der Waals surface area contributed by atoms with E-state index in [1.807, 2.05) is 0 Å². The summed E-state index contributed by atoms with van der Waals surface area (Å²) in [6, 6.07) is 6.96. The molecular weight excluding hydrogens is 314 g/mol. The van der Waals surface area contributed by atoms with Gasteiger partial charge >= 0.3 is 0 Å². The Hall–Kier alpha value is -1.33. The maximum Gasteiger partial charge on any atom is 0.273 e. The lowest BCUT2D eigenvalue weighted by molar-refractivity contribution is -0.661. The Morgan fingerprint density at radius 2 is 1.75 bits per heavy atom. The molecule has 1 fully saturated rings. The molecule has 1 atom stereocenters. The fourth-order valence-electron chi connectivity index (χ4n) is 5.52. The van der Waals surface area contributed by atoms with E-state index >= 15 is 0 Å². The van der Waals surface area contributed by atoms with E-state index < -0.39 is 8.24 Å². The topological polar surface area (TPSA) is 21.3 Å². The lowest BCUT2D eigenvalue weighted by Crippen LogP contribution is -2.58. The summed E-state index contributed by atoms with van der Waals surface area (Å²) in [5, 5.41) is 1.38. The Morgan fingerprint density at radius 1 is 1.08 bits per heavy atom. The molecule has 0 radical (unpaired) electrons. The number of aromatic nitrogens is 2. The van der Waals surface area contributed by atoms with Crippen LogP contribution in [0.5, 0.6) is 0 Å². The van der Waals surface area contributed by atoms with Gasteiger partial charge in [0.25, 0.3) is 8.24 Å². The van der Waals surface area contributed by atoms with E-state index in [9.17, 15) is 0 Å². The summed E-state index contributed by atoms with van der Waals surface area (Å²) in [6.07, 6.45) is 2.37. The van der Waals surface area contributed by atoms with E-state index in [0.29, 0.717) is 16.7 Å². The minimum atomic E-state index is -1.72. The van der Waals surface area contributed by atoms with Gasteiger partial charge < -0.3 is 8.97 Å². The Labute approximate surface area is 146 Å². The third-order valence-electron chi connectivity index (χ3n) is 6.44. The average Bonchev–Trinajstić information content (AvgIpc) is 3.10. The first-order valence-electron chi connectivity index (χ1n) is 9.38. The molecule has 2 aliphatic heterocycles. The van der Waals surface area contributed by atoms with Crippen LogP contribution in [0.2, 0.25) is 11.1 Å². The molecule has 0 spiro atoms. The molecule has 0 N–H and O–H groups in total. The van der Waals surface area contributed by atoms with Gasteiger partial charge in [0.05, 0.1) is 32.5 Å². The molecule has 24 heavy (non-hydrogen) atoms. The molecule has 1 saturated heterocycles. The molecule has 2 aromatic rings. The first-order chi connectivity index (χ1) is 11.5. The van der Waals surface area contributed by atoms with E-state index in [-0.39, 0.29) is 0 Å². The molecule has 0 amide bonds. The minimum Gasteiger partial charge on any atom is -0.375 e. The summed E-state index contributed by atoms with van der Waals surface area (Å²) in [6.45, 7) is 15.9. The van der Waals surface area contributed by atoms with Gasteiger partial charge in [0, 0.05) is 11.5 Å². The molecule has 0 saturated carbocycles. The Bertz CT molecular complexity index is 753. The Balaban J connectivity index is 1.95. The summed E-state index contributed by atoms with van der Waals surface area (Å²) in [7, 11) is -1.72. The first-order valence-corrected chi connectivity index (χ1v) is 11.6. The first kappa shape index (κ1) is 16.2. The van der Waals surface area contributed by atoms with Crippen LogP contribution in [0.25, 0.3) is 11.0 Å². The maximum absolute atomic E-state index is 5.58. The lowest BCUT2D eigenvalue weighted by atomic mass is 10.3. The number of pyridine rings is 1. The maximum atomic E-state index is 5.58. The normalized spacial score (nSPS) is 23.0. The van der Waals surface area contributed by atoms with Gasteiger partial charge in [0.1, 0.15) is 5.67 Å². The van der Waals surface area contributed by atoms with Gasteiger partial charge in [-0.3, -0.25) is 4.90 Å². The minimum absolute atomic E-state index is 0.579. The highest BCUT2D eigenvalue weighted by Gasteiger charge is 2.59. The van der Waals surface area contributed by atoms with Crippen molar-refractivity contribution in [1.29, 1.82) is 0 Å². The van der Waals surface area contributed by atoms with E-state index in [1.54, 1.807) is 0 Å². The van der Waals surface area contributed by atoms with Gasteiger partial charge in [-0.05, 0) is 30.1 Å². The second-order valence-electron chi connectivity index (χ2n) is 8.00. The highest BCUT2D eigenvalue weighted by atomic mass is 28.3. The van der Waals surface area contributed by atoms with Crippen molar-refractivity contribution < 1.29 is 9.30 Å². The van der Waals surface area contributed by atoms with E-state index in [1.165, 1.54) is 16.9 Å². The van der Waals surface area contributed by atoms with Crippen molar-refractivity contribution in [3.63, 3.8) is 0 Å². The van der Waals surface area contributed by atoms with Crippen LogP contribution in [-0.4, -0.2) is 38.8 Å². The molecule has 4 rings (SSSR count). The van der Waals surface area contributed by atoms with Crippen molar-refractivity contribution in [3.05, 3.63) is 24.4 Å². The predicted octanol–water partition coefficient (Wildman–Crippen LogP) is 3.49. The quantitative estimate of drug-likeness (QED) is 0.628. The molecule has 4 heterocycles.